The van der Waals surface area contributed by atoms with Crippen LogP contribution in [-0.2, 0) is 17.4 Å². The van der Waals surface area contributed by atoms with Crippen LogP contribution in [0.3, 0.4) is 0 Å². The largest absolute Gasteiger partial charge is 0.573 e. The summed E-state index contributed by atoms with van der Waals surface area (Å²) in [6.45, 7) is 0. The maximum absolute atomic E-state index is 12.7. The number of aliphatic carboxylic acids is 1. The predicted molar refractivity (Wildman–Crippen MR) is 53.8 cm³/mol. The smallest absolute Gasteiger partial charge is 0.494 e. The minimum absolute atomic E-state index is 0.150. The van der Waals surface area contributed by atoms with Crippen molar-refractivity contribution in [3.63, 3.8) is 0 Å². The number of ether oxygens (including phenoxy) is 2. The summed E-state index contributed by atoms with van der Waals surface area (Å²) in [5.41, 5.74) is -2.56. The number of hydrogen-bond acceptors (Lipinski definition) is 4. The van der Waals surface area contributed by atoms with Gasteiger partial charge in [-0.15, -0.1) is 13.2 Å². The number of carboxylic acids is 1. The third-order valence-corrected chi connectivity index (χ3v) is 2.12. The summed E-state index contributed by atoms with van der Waals surface area (Å²) < 4.78 is 82.4. The van der Waals surface area contributed by atoms with E-state index < -0.39 is 47.7 Å². The van der Waals surface area contributed by atoms with Gasteiger partial charge in [0.05, 0.1) is 25.3 Å². The van der Waals surface area contributed by atoms with Gasteiger partial charge in [0.1, 0.15) is 0 Å². The fourth-order valence-electron chi connectivity index (χ4n) is 1.47. The van der Waals surface area contributed by atoms with Gasteiger partial charge in [-0.3, -0.25) is 4.79 Å². The predicted octanol–water partition coefficient (Wildman–Crippen LogP) is 2.63. The monoisotopic (exact) mass is 319 g/mol. The van der Waals surface area contributed by atoms with E-state index in [9.17, 15) is 31.1 Å². The molecule has 21 heavy (non-hydrogen) atoms. The van der Waals surface area contributed by atoms with Crippen LogP contribution in [-0.4, -0.2) is 29.5 Å². The van der Waals surface area contributed by atoms with Gasteiger partial charge in [-0.25, -0.2) is 4.98 Å². The molecule has 0 radical (unpaired) electrons. The molecule has 0 amide bonds. The van der Waals surface area contributed by atoms with E-state index in [0.717, 1.165) is 7.11 Å². The molecule has 1 N–H and O–H groups in total. The minimum atomic E-state index is -5.22. The molecule has 1 aromatic heterocycles. The zero-order chi connectivity index (χ0) is 16.4. The summed E-state index contributed by atoms with van der Waals surface area (Å²) in [5, 5.41) is 8.61. The van der Waals surface area contributed by atoms with Crippen LogP contribution in [0.25, 0.3) is 0 Å². The average Bonchev–Trinajstić information content (AvgIpc) is 2.26. The second-order valence-corrected chi connectivity index (χ2v) is 3.60. The lowest BCUT2D eigenvalue weighted by molar-refractivity contribution is -0.275. The molecule has 11 heteroatoms. The maximum Gasteiger partial charge on any atom is 0.573 e. The lowest BCUT2D eigenvalue weighted by Gasteiger charge is -2.18. The molecule has 0 aliphatic heterocycles. The molecule has 118 valence electrons. The molecule has 5 nitrogen and oxygen atoms in total. The molecule has 0 fully saturated rings. The highest BCUT2D eigenvalue weighted by Crippen LogP contribution is 2.41. The first kappa shape index (κ1) is 16.9. The van der Waals surface area contributed by atoms with Gasteiger partial charge in [-0.1, -0.05) is 0 Å². The van der Waals surface area contributed by atoms with Gasteiger partial charge in [0.25, 0.3) is 0 Å². The summed E-state index contributed by atoms with van der Waals surface area (Å²) in [4.78, 5) is 13.4. The number of carbonyl (C=O) groups is 1. The number of pyridine rings is 1. The summed E-state index contributed by atoms with van der Waals surface area (Å²) in [5.74, 6) is -3.97. The second-order valence-electron chi connectivity index (χ2n) is 3.60. The highest BCUT2D eigenvalue weighted by atomic mass is 19.4. The van der Waals surface area contributed by atoms with Gasteiger partial charge < -0.3 is 14.6 Å². The van der Waals surface area contributed by atoms with Crippen LogP contribution in [0.1, 0.15) is 11.3 Å². The Hall–Kier alpha value is -2.20. The number of halogens is 6. The van der Waals surface area contributed by atoms with Crippen molar-refractivity contribution in [3.05, 3.63) is 17.5 Å². The lowest BCUT2D eigenvalue weighted by Crippen LogP contribution is -2.21. The van der Waals surface area contributed by atoms with Gasteiger partial charge in [0, 0.05) is 0 Å². The molecule has 0 aliphatic carbocycles. The van der Waals surface area contributed by atoms with E-state index in [1.807, 2.05) is 0 Å². The van der Waals surface area contributed by atoms with Crippen molar-refractivity contribution >= 4 is 5.97 Å². The highest BCUT2D eigenvalue weighted by molar-refractivity contribution is 5.73. The van der Waals surface area contributed by atoms with Crippen molar-refractivity contribution in [3.8, 4) is 11.5 Å². The topological polar surface area (TPSA) is 68.7 Å². The van der Waals surface area contributed by atoms with Crippen LogP contribution in [0.4, 0.5) is 26.3 Å². The Balaban J connectivity index is 3.50. The van der Waals surface area contributed by atoms with Gasteiger partial charge in [-0.2, -0.15) is 13.2 Å². The van der Waals surface area contributed by atoms with Crippen LogP contribution >= 0.6 is 0 Å². The molecule has 1 rings (SSSR count). The molecule has 0 atom stereocenters. The average molecular weight is 319 g/mol. The van der Waals surface area contributed by atoms with E-state index in [1.54, 1.807) is 0 Å². The maximum atomic E-state index is 12.7. The Kier molecular flexibility index (Phi) is 4.54. The third kappa shape index (κ3) is 4.39. The Bertz CT molecular complexity index is 540. The van der Waals surface area contributed by atoms with Crippen molar-refractivity contribution in [1.82, 2.24) is 4.98 Å². The zero-order valence-electron chi connectivity index (χ0n) is 10.2. The molecule has 0 aliphatic rings. The summed E-state index contributed by atoms with van der Waals surface area (Å²) in [6.07, 6.45) is -11.3. The first-order valence-electron chi connectivity index (χ1n) is 5.06. The summed E-state index contributed by atoms with van der Waals surface area (Å²) >= 11 is 0. The number of carboxylic acid groups (broad SMARTS) is 1. The number of methoxy groups -OCH3 is 1. The van der Waals surface area contributed by atoms with Gasteiger partial charge in [-0.05, 0) is 0 Å². The van der Waals surface area contributed by atoms with E-state index in [2.05, 4.69) is 14.5 Å². The molecule has 1 heterocycles. The van der Waals surface area contributed by atoms with Gasteiger partial charge >= 0.3 is 18.5 Å². The van der Waals surface area contributed by atoms with Crippen LogP contribution < -0.4 is 9.47 Å². The normalized spacial score (nSPS) is 12.1. The first-order valence-corrected chi connectivity index (χ1v) is 5.06. The number of aromatic nitrogens is 1. The van der Waals surface area contributed by atoms with Crippen molar-refractivity contribution < 1.29 is 45.7 Å². The molecule has 0 bridgehead atoms. The Morgan fingerprint density at radius 3 is 2.24 bits per heavy atom. The Morgan fingerprint density at radius 1 is 1.29 bits per heavy atom. The van der Waals surface area contributed by atoms with Gasteiger partial charge in [0.15, 0.2) is 17.2 Å². The minimum Gasteiger partial charge on any atom is -0.494 e. The standard InChI is InChI=1S/C10H7F6NO4/c1-20-7-4(2-6(18)19)5(21-10(14,15)16)3-17-8(7)9(11,12)13/h3H,2H2,1H3,(H,18,19). The van der Waals surface area contributed by atoms with Crippen molar-refractivity contribution in [2.75, 3.05) is 7.11 Å². The molecule has 0 saturated heterocycles. The van der Waals surface area contributed by atoms with Crippen LogP contribution in [0, 0.1) is 0 Å². The fraction of sp³-hybridized carbons (Fsp3) is 0.400. The Labute approximate surface area is 113 Å². The van der Waals surface area contributed by atoms with E-state index in [4.69, 9.17) is 5.11 Å². The summed E-state index contributed by atoms with van der Waals surface area (Å²) in [7, 11) is 0.745. The van der Waals surface area contributed by atoms with E-state index in [-0.39, 0.29) is 6.20 Å². The fourth-order valence-corrected chi connectivity index (χ4v) is 1.47. The number of nitrogens with zero attached hydrogens (tertiary/aromatic N) is 1. The van der Waals surface area contributed by atoms with Crippen molar-refractivity contribution in [1.29, 1.82) is 0 Å². The van der Waals surface area contributed by atoms with Crippen molar-refractivity contribution in [2.45, 2.75) is 19.0 Å². The molecular formula is C10H7F6NO4. The first-order chi connectivity index (χ1) is 9.45. The Morgan fingerprint density at radius 2 is 1.86 bits per heavy atom. The van der Waals surface area contributed by atoms with E-state index >= 15 is 0 Å². The second kappa shape index (κ2) is 5.66. The molecule has 0 unspecified atom stereocenters. The number of hydrogen-bond donors (Lipinski definition) is 1. The van der Waals surface area contributed by atoms with Crippen LogP contribution in [0.2, 0.25) is 0 Å². The van der Waals surface area contributed by atoms with E-state index in [1.165, 1.54) is 0 Å². The van der Waals surface area contributed by atoms with Gasteiger partial charge in [0.2, 0.25) is 0 Å². The zero-order valence-corrected chi connectivity index (χ0v) is 10.2. The number of rotatable bonds is 4. The quantitative estimate of drug-likeness (QED) is 0.864. The van der Waals surface area contributed by atoms with E-state index in [0.29, 0.717) is 0 Å². The molecule has 1 aromatic rings. The van der Waals surface area contributed by atoms with Crippen molar-refractivity contribution in [2.24, 2.45) is 0 Å². The SMILES string of the molecule is COc1c(C(F)(F)F)ncc(OC(F)(F)F)c1CC(=O)O. The lowest BCUT2D eigenvalue weighted by atomic mass is 10.1. The highest BCUT2D eigenvalue weighted by Gasteiger charge is 2.40. The molecule has 0 aromatic carbocycles. The summed E-state index contributed by atoms with van der Waals surface area (Å²) in [6, 6.07) is 0. The van der Waals surface area contributed by atoms with Crippen LogP contribution in [0.15, 0.2) is 6.20 Å². The molecular weight excluding hydrogens is 312 g/mol. The molecule has 0 saturated carbocycles. The molecule has 0 spiro atoms. The number of alkyl halides is 6. The third-order valence-electron chi connectivity index (χ3n) is 2.12. The van der Waals surface area contributed by atoms with Crippen LogP contribution in [0.5, 0.6) is 11.5 Å².